The Hall–Kier alpha value is -0.930. The summed E-state index contributed by atoms with van der Waals surface area (Å²) in [5.41, 5.74) is 8.38. The summed E-state index contributed by atoms with van der Waals surface area (Å²) < 4.78 is 13.6. The Labute approximate surface area is 88.9 Å². The summed E-state index contributed by atoms with van der Waals surface area (Å²) in [7, 11) is 0. The zero-order valence-electron chi connectivity index (χ0n) is 8.67. The van der Waals surface area contributed by atoms with Crippen molar-refractivity contribution in [2.45, 2.75) is 31.7 Å². The summed E-state index contributed by atoms with van der Waals surface area (Å²) in [5.74, 6) is -0.280. The molecule has 0 saturated heterocycles. The zero-order valence-corrected chi connectivity index (χ0v) is 8.67. The highest BCUT2D eigenvalue weighted by Gasteiger charge is 2.16. The second-order valence-corrected chi connectivity index (χ2v) is 4.14. The molecule has 3 heteroatoms. The van der Waals surface area contributed by atoms with Crippen LogP contribution in [-0.4, -0.2) is 11.7 Å². The maximum Gasteiger partial charge on any atom is 0.128 e. The molecule has 2 rings (SSSR count). The van der Waals surface area contributed by atoms with Crippen molar-refractivity contribution < 1.29 is 9.50 Å². The van der Waals surface area contributed by atoms with Crippen LogP contribution in [0.15, 0.2) is 12.1 Å². The van der Waals surface area contributed by atoms with E-state index in [1.165, 1.54) is 5.56 Å². The summed E-state index contributed by atoms with van der Waals surface area (Å²) in [6.07, 6.45) is 4.26. The van der Waals surface area contributed by atoms with Crippen molar-refractivity contribution in [3.05, 3.63) is 34.6 Å². The third-order valence-corrected chi connectivity index (χ3v) is 3.06. The summed E-state index contributed by atoms with van der Waals surface area (Å²) in [4.78, 5) is 0. The molecule has 0 amide bonds. The van der Waals surface area contributed by atoms with Gasteiger partial charge in [-0.15, -0.1) is 0 Å². The number of nitrogens with two attached hydrogens (primary N) is 1. The van der Waals surface area contributed by atoms with E-state index < -0.39 is 6.04 Å². The average molecular weight is 209 g/mol. The van der Waals surface area contributed by atoms with Gasteiger partial charge >= 0.3 is 0 Å². The van der Waals surface area contributed by atoms with Gasteiger partial charge in [0.15, 0.2) is 0 Å². The minimum Gasteiger partial charge on any atom is -0.394 e. The van der Waals surface area contributed by atoms with E-state index in [1.54, 1.807) is 6.07 Å². The molecule has 1 aromatic carbocycles. The van der Waals surface area contributed by atoms with Gasteiger partial charge in [0.1, 0.15) is 5.82 Å². The summed E-state index contributed by atoms with van der Waals surface area (Å²) in [6.45, 7) is -0.213. The standard InChI is InChI=1S/C12H16FNO/c13-11-6-9-4-2-1-3-8(9)5-10(11)12(14)7-15/h5-6,12,15H,1-4,7,14H2. The van der Waals surface area contributed by atoms with Gasteiger partial charge in [-0.1, -0.05) is 6.07 Å². The van der Waals surface area contributed by atoms with E-state index in [2.05, 4.69) is 0 Å². The Balaban J connectivity index is 2.40. The molecule has 0 fully saturated rings. The lowest BCUT2D eigenvalue weighted by Crippen LogP contribution is -2.17. The van der Waals surface area contributed by atoms with Gasteiger partial charge in [0.05, 0.1) is 12.6 Å². The van der Waals surface area contributed by atoms with E-state index in [-0.39, 0.29) is 12.4 Å². The normalized spacial score (nSPS) is 17.3. The number of benzene rings is 1. The predicted molar refractivity (Wildman–Crippen MR) is 57.1 cm³/mol. The van der Waals surface area contributed by atoms with Crippen molar-refractivity contribution in [1.82, 2.24) is 0 Å². The fourth-order valence-electron chi connectivity index (χ4n) is 2.16. The quantitative estimate of drug-likeness (QED) is 0.778. The smallest absolute Gasteiger partial charge is 0.128 e. The Morgan fingerprint density at radius 1 is 1.27 bits per heavy atom. The van der Waals surface area contributed by atoms with Crippen LogP contribution < -0.4 is 5.73 Å². The Morgan fingerprint density at radius 3 is 2.47 bits per heavy atom. The Bertz CT molecular complexity index is 365. The van der Waals surface area contributed by atoms with Crippen molar-refractivity contribution >= 4 is 0 Å². The first-order chi connectivity index (χ1) is 7.22. The lowest BCUT2D eigenvalue weighted by Gasteiger charge is -2.19. The number of hydrogen-bond acceptors (Lipinski definition) is 2. The first kappa shape index (κ1) is 10.6. The maximum atomic E-state index is 13.6. The molecule has 0 bridgehead atoms. The van der Waals surface area contributed by atoms with Crippen LogP contribution in [0.5, 0.6) is 0 Å². The van der Waals surface area contributed by atoms with E-state index in [1.807, 2.05) is 6.07 Å². The maximum absolute atomic E-state index is 13.6. The predicted octanol–water partition coefficient (Wildman–Crippen LogP) is 1.70. The molecule has 82 valence electrons. The topological polar surface area (TPSA) is 46.2 Å². The molecule has 0 saturated carbocycles. The van der Waals surface area contributed by atoms with Crippen LogP contribution >= 0.6 is 0 Å². The second kappa shape index (κ2) is 4.29. The molecule has 0 radical (unpaired) electrons. The van der Waals surface area contributed by atoms with Crippen LogP contribution in [0.25, 0.3) is 0 Å². The first-order valence-electron chi connectivity index (χ1n) is 5.40. The average Bonchev–Trinajstić information content (AvgIpc) is 2.27. The number of halogens is 1. The molecule has 3 N–H and O–H groups in total. The van der Waals surface area contributed by atoms with Crippen LogP contribution in [-0.2, 0) is 12.8 Å². The fraction of sp³-hybridized carbons (Fsp3) is 0.500. The highest BCUT2D eigenvalue weighted by atomic mass is 19.1. The van der Waals surface area contributed by atoms with E-state index in [0.717, 1.165) is 31.2 Å². The van der Waals surface area contributed by atoms with Gasteiger partial charge in [0, 0.05) is 5.56 Å². The SMILES string of the molecule is NC(CO)c1cc2c(cc1F)CCCC2. The molecular weight excluding hydrogens is 193 g/mol. The van der Waals surface area contributed by atoms with Gasteiger partial charge in [-0.3, -0.25) is 0 Å². The van der Waals surface area contributed by atoms with Crippen molar-refractivity contribution in [2.24, 2.45) is 5.73 Å². The highest BCUT2D eigenvalue weighted by molar-refractivity contribution is 5.36. The fourth-order valence-corrected chi connectivity index (χ4v) is 2.16. The van der Waals surface area contributed by atoms with Crippen molar-refractivity contribution in [2.75, 3.05) is 6.61 Å². The van der Waals surface area contributed by atoms with Crippen molar-refractivity contribution in [1.29, 1.82) is 0 Å². The number of aliphatic hydroxyl groups is 1. The van der Waals surface area contributed by atoms with Crippen LogP contribution in [0.2, 0.25) is 0 Å². The Morgan fingerprint density at radius 2 is 1.87 bits per heavy atom. The van der Waals surface area contributed by atoms with Crippen LogP contribution in [0, 0.1) is 5.82 Å². The third-order valence-electron chi connectivity index (χ3n) is 3.06. The van der Waals surface area contributed by atoms with E-state index in [9.17, 15) is 4.39 Å². The molecule has 15 heavy (non-hydrogen) atoms. The molecule has 1 atom stereocenters. The van der Waals surface area contributed by atoms with Gasteiger partial charge < -0.3 is 10.8 Å². The van der Waals surface area contributed by atoms with Gasteiger partial charge in [-0.05, 0) is 42.9 Å². The van der Waals surface area contributed by atoms with Gasteiger partial charge in [0.2, 0.25) is 0 Å². The Kier molecular flexibility index (Phi) is 3.03. The number of aryl methyl sites for hydroxylation is 2. The molecule has 2 nitrogen and oxygen atoms in total. The van der Waals surface area contributed by atoms with Crippen molar-refractivity contribution in [3.8, 4) is 0 Å². The number of fused-ring (bicyclic) bond motifs is 1. The highest BCUT2D eigenvalue weighted by Crippen LogP contribution is 2.26. The molecular formula is C12H16FNO. The van der Waals surface area contributed by atoms with Gasteiger partial charge in [-0.2, -0.15) is 0 Å². The van der Waals surface area contributed by atoms with E-state index in [0.29, 0.717) is 5.56 Å². The van der Waals surface area contributed by atoms with Gasteiger partial charge in [-0.25, -0.2) is 4.39 Å². The molecule has 1 unspecified atom stereocenters. The monoisotopic (exact) mass is 209 g/mol. The summed E-state index contributed by atoms with van der Waals surface area (Å²) in [5, 5.41) is 8.93. The lowest BCUT2D eigenvalue weighted by molar-refractivity contribution is 0.265. The zero-order chi connectivity index (χ0) is 10.8. The number of rotatable bonds is 2. The molecule has 0 heterocycles. The minimum absolute atomic E-state index is 0.213. The molecule has 0 aromatic heterocycles. The minimum atomic E-state index is -0.600. The second-order valence-electron chi connectivity index (χ2n) is 4.14. The molecule has 0 spiro atoms. The van der Waals surface area contributed by atoms with E-state index >= 15 is 0 Å². The molecule has 1 aliphatic rings. The summed E-state index contributed by atoms with van der Waals surface area (Å²) in [6, 6.07) is 2.81. The van der Waals surface area contributed by atoms with Crippen LogP contribution in [0.1, 0.15) is 35.6 Å². The first-order valence-corrected chi connectivity index (χ1v) is 5.40. The largest absolute Gasteiger partial charge is 0.394 e. The van der Waals surface area contributed by atoms with Crippen LogP contribution in [0.4, 0.5) is 4.39 Å². The number of aliphatic hydroxyl groups excluding tert-OH is 1. The molecule has 1 aliphatic carbocycles. The third kappa shape index (κ3) is 2.03. The summed E-state index contributed by atoms with van der Waals surface area (Å²) >= 11 is 0. The van der Waals surface area contributed by atoms with Crippen molar-refractivity contribution in [3.63, 3.8) is 0 Å². The molecule has 0 aliphatic heterocycles. The van der Waals surface area contributed by atoms with Gasteiger partial charge in [0.25, 0.3) is 0 Å². The van der Waals surface area contributed by atoms with E-state index in [4.69, 9.17) is 10.8 Å². The van der Waals surface area contributed by atoms with Crippen LogP contribution in [0.3, 0.4) is 0 Å². The lowest BCUT2D eigenvalue weighted by atomic mass is 9.89. The molecule has 1 aromatic rings. The number of hydrogen-bond donors (Lipinski definition) is 2.